The number of hydrogen-bond donors (Lipinski definition) is 0. The number of nitrogens with zero attached hydrogens (tertiary/aromatic N) is 4. The molecule has 1 fully saturated rings. The fourth-order valence-corrected chi connectivity index (χ4v) is 12.1. The lowest BCUT2D eigenvalue weighted by atomic mass is 9.78. The van der Waals surface area contributed by atoms with Gasteiger partial charge in [-0.05, 0) is 116 Å². The number of rotatable bonds is 28. The van der Waals surface area contributed by atoms with Crippen LogP contribution in [0.2, 0.25) is 0 Å². The number of quaternary nitrogens is 2. The highest BCUT2D eigenvalue weighted by atomic mass is 16.7. The molecule has 6 heteroatoms. The van der Waals surface area contributed by atoms with Crippen molar-refractivity contribution >= 4 is 12.4 Å². The number of ether oxygens (including phenoxy) is 2. The molecule has 5 rings (SSSR count). The highest BCUT2D eigenvalue weighted by molar-refractivity contribution is 5.85. The first kappa shape index (κ1) is 56.2. The molecule has 384 valence electrons. The SMILES string of the molecule is CCCC[N+](CCCC)(CCCC)CCCC(CCC[N+](CCCC)(CCCC)CCCC)c1cc2c(c(CC)c1)OC13Oc4c(cc(C(C)(C)C)cc4C(C)(C)C)C=[N+]1C(C)(C)C(C)(C)[N+]3=C2. The average Bonchev–Trinajstić information content (AvgIpc) is 3.42. The van der Waals surface area contributed by atoms with E-state index in [1.54, 1.807) is 0 Å². The van der Waals surface area contributed by atoms with Gasteiger partial charge in [0, 0.05) is 33.3 Å². The molecule has 3 heterocycles. The van der Waals surface area contributed by atoms with Crippen LogP contribution in [0.15, 0.2) is 24.3 Å². The minimum Gasteiger partial charge on any atom is -0.340 e. The second-order valence-electron chi connectivity index (χ2n) is 25.3. The molecule has 1 saturated heterocycles. The van der Waals surface area contributed by atoms with Gasteiger partial charge < -0.3 is 18.4 Å². The largest absolute Gasteiger partial charge is 0.705 e. The van der Waals surface area contributed by atoms with Crippen LogP contribution in [0.1, 0.15) is 260 Å². The summed E-state index contributed by atoms with van der Waals surface area (Å²) in [6.45, 7) is 50.8. The second kappa shape index (κ2) is 23.2. The summed E-state index contributed by atoms with van der Waals surface area (Å²) in [5, 5.41) is 0. The van der Waals surface area contributed by atoms with Crippen LogP contribution in [0.25, 0.3) is 0 Å². The molecule has 1 spiro atoms. The molecule has 0 bridgehead atoms. The van der Waals surface area contributed by atoms with Crippen molar-refractivity contribution in [2.45, 2.75) is 261 Å². The van der Waals surface area contributed by atoms with E-state index in [0.29, 0.717) is 5.92 Å². The van der Waals surface area contributed by atoms with E-state index in [2.05, 4.69) is 164 Å². The van der Waals surface area contributed by atoms with E-state index in [4.69, 9.17) is 9.47 Å². The lowest BCUT2D eigenvalue weighted by Crippen LogP contribution is -2.61. The average molecular weight is 942 g/mol. The van der Waals surface area contributed by atoms with Gasteiger partial charge in [0.05, 0.1) is 63.5 Å². The van der Waals surface area contributed by atoms with Gasteiger partial charge >= 0.3 is 6.03 Å². The highest BCUT2D eigenvalue weighted by Gasteiger charge is 2.83. The number of fused-ring (bicyclic) bond motifs is 2. The zero-order valence-electron chi connectivity index (χ0n) is 47.8. The molecule has 0 amide bonds. The lowest BCUT2D eigenvalue weighted by Gasteiger charge is -2.40. The fourth-order valence-electron chi connectivity index (χ4n) is 12.1. The Bertz CT molecular complexity index is 1930. The van der Waals surface area contributed by atoms with E-state index in [1.165, 1.54) is 192 Å². The van der Waals surface area contributed by atoms with Gasteiger partial charge in [0.1, 0.15) is 0 Å². The van der Waals surface area contributed by atoms with Gasteiger partial charge in [-0.1, -0.05) is 150 Å². The lowest BCUT2D eigenvalue weighted by molar-refractivity contribution is -0.929. The quantitative estimate of drug-likeness (QED) is 0.0627. The standard InChI is InChI=1S/C62H108N4O2/c1-18-25-35-65(36-26-19-2,37-27-20-3)41-31-33-50(34-32-42-66(38-28-21-4,39-29-22-5)40-30-23-6)51-43-49(24-7)56-52(44-51)47-63-60(14,15)61(16,17)64-48-53-45-54(58(8,9)10)46-55(59(11,12)13)57(53)68-62(63,64)67-56/h43-48,50H,18-42H2,1-17H3/q+4. The van der Waals surface area contributed by atoms with Crippen molar-refractivity contribution in [1.82, 2.24) is 0 Å². The Balaban J connectivity index is 1.62. The van der Waals surface area contributed by atoms with Crippen molar-refractivity contribution in [2.75, 3.05) is 52.4 Å². The van der Waals surface area contributed by atoms with Crippen LogP contribution >= 0.6 is 0 Å². The van der Waals surface area contributed by atoms with Gasteiger partial charge in [0.25, 0.3) is 0 Å². The van der Waals surface area contributed by atoms with Crippen molar-refractivity contribution in [3.63, 3.8) is 0 Å². The second-order valence-corrected chi connectivity index (χ2v) is 25.3. The van der Waals surface area contributed by atoms with Gasteiger partial charge in [0.15, 0.2) is 23.9 Å². The molecule has 1 atom stereocenters. The topological polar surface area (TPSA) is 24.5 Å². The van der Waals surface area contributed by atoms with E-state index in [9.17, 15) is 0 Å². The van der Waals surface area contributed by atoms with Crippen LogP contribution < -0.4 is 9.47 Å². The summed E-state index contributed by atoms with van der Waals surface area (Å²) >= 11 is 0. The van der Waals surface area contributed by atoms with Crippen LogP contribution in [0, 0.1) is 0 Å². The molecule has 0 radical (unpaired) electrons. The number of hydrogen-bond acceptors (Lipinski definition) is 2. The number of benzene rings is 2. The Morgan fingerprint density at radius 2 is 0.868 bits per heavy atom. The molecule has 0 N–H and O–H groups in total. The van der Waals surface area contributed by atoms with Gasteiger partial charge in [-0.15, -0.1) is 0 Å². The van der Waals surface area contributed by atoms with Crippen molar-refractivity contribution in [3.05, 3.63) is 57.6 Å². The summed E-state index contributed by atoms with van der Waals surface area (Å²) in [5.74, 6) is 2.46. The van der Waals surface area contributed by atoms with E-state index < -0.39 is 6.03 Å². The summed E-state index contributed by atoms with van der Waals surface area (Å²) < 4.78 is 22.7. The van der Waals surface area contributed by atoms with Crippen LogP contribution in [-0.2, 0) is 17.3 Å². The van der Waals surface area contributed by atoms with E-state index in [0.717, 1.165) is 23.5 Å². The minimum absolute atomic E-state index is 0.00626. The maximum atomic E-state index is 7.64. The maximum absolute atomic E-state index is 7.64. The summed E-state index contributed by atoms with van der Waals surface area (Å²) in [6, 6.07) is 8.77. The molecular weight excluding hydrogens is 833 g/mol. The predicted molar refractivity (Wildman–Crippen MR) is 293 cm³/mol. The molecule has 6 nitrogen and oxygen atoms in total. The Kier molecular flexibility index (Phi) is 19.2. The first-order chi connectivity index (χ1) is 32.1. The summed E-state index contributed by atoms with van der Waals surface area (Å²) in [4.78, 5) is 0. The van der Waals surface area contributed by atoms with Crippen molar-refractivity contribution in [1.29, 1.82) is 0 Å². The van der Waals surface area contributed by atoms with E-state index in [1.807, 2.05) is 0 Å². The Morgan fingerprint density at radius 3 is 1.24 bits per heavy atom. The first-order valence-corrected chi connectivity index (χ1v) is 28.8. The first-order valence-electron chi connectivity index (χ1n) is 28.8. The number of unbranched alkanes of at least 4 members (excludes halogenated alkanes) is 6. The third-order valence-corrected chi connectivity index (χ3v) is 17.5. The fraction of sp³-hybridized carbons (Fsp3) is 0.774. The van der Waals surface area contributed by atoms with Gasteiger partial charge in [-0.2, -0.15) is 0 Å². The smallest absolute Gasteiger partial charge is 0.340 e. The summed E-state index contributed by atoms with van der Waals surface area (Å²) in [7, 11) is 0. The van der Waals surface area contributed by atoms with Crippen LogP contribution in [0.5, 0.6) is 11.5 Å². The molecule has 0 aromatic heterocycles. The van der Waals surface area contributed by atoms with Crippen LogP contribution in [-0.4, -0.2) is 100 Å². The van der Waals surface area contributed by atoms with Gasteiger partial charge in [-0.25, -0.2) is 0 Å². The molecule has 2 aromatic rings. The van der Waals surface area contributed by atoms with E-state index >= 15 is 0 Å². The molecule has 0 aliphatic carbocycles. The van der Waals surface area contributed by atoms with Crippen LogP contribution in [0.4, 0.5) is 0 Å². The highest BCUT2D eigenvalue weighted by Crippen LogP contribution is 2.52. The van der Waals surface area contributed by atoms with Crippen molar-refractivity contribution in [2.24, 2.45) is 0 Å². The third kappa shape index (κ3) is 12.1. The van der Waals surface area contributed by atoms with Crippen molar-refractivity contribution < 1.29 is 27.6 Å². The van der Waals surface area contributed by atoms with Gasteiger partial charge in [-0.3, -0.25) is 0 Å². The zero-order valence-corrected chi connectivity index (χ0v) is 47.8. The molecule has 68 heavy (non-hydrogen) atoms. The normalized spacial score (nSPS) is 18.6. The monoisotopic (exact) mass is 941 g/mol. The molecule has 0 saturated carbocycles. The predicted octanol–water partition coefficient (Wildman–Crippen LogP) is 15.5. The molecule has 1 unspecified atom stereocenters. The Labute approximate surface area is 420 Å². The number of aryl methyl sites for hydroxylation is 1. The summed E-state index contributed by atoms with van der Waals surface area (Å²) in [6.07, 6.45) is 26.6. The summed E-state index contributed by atoms with van der Waals surface area (Å²) in [5.41, 5.74) is 7.00. The Morgan fingerprint density at radius 1 is 0.485 bits per heavy atom. The third-order valence-electron chi connectivity index (χ3n) is 17.5. The van der Waals surface area contributed by atoms with E-state index in [-0.39, 0.29) is 21.9 Å². The molecular formula is C62H108N4O2+4. The van der Waals surface area contributed by atoms with Crippen LogP contribution in [0.3, 0.4) is 0 Å². The maximum Gasteiger partial charge on any atom is 0.705 e. The molecule has 3 aliphatic heterocycles. The zero-order chi connectivity index (χ0) is 50.2. The van der Waals surface area contributed by atoms with Crippen molar-refractivity contribution in [3.8, 4) is 11.5 Å². The molecule has 2 aromatic carbocycles. The molecule has 3 aliphatic rings. The minimum atomic E-state index is -1.14. The Hall–Kier alpha value is -2.70. The van der Waals surface area contributed by atoms with Gasteiger partial charge in [0.2, 0.25) is 11.1 Å².